The van der Waals surface area contributed by atoms with Gasteiger partial charge in [-0.3, -0.25) is 4.79 Å². The Kier molecular flexibility index (Phi) is 5.76. The first kappa shape index (κ1) is 15.9. The molecule has 2 atom stereocenters. The van der Waals surface area contributed by atoms with Crippen LogP contribution in [0.25, 0.3) is 0 Å². The number of rotatable bonds is 5. The fraction of sp³-hybridized carbons (Fsp3) is 0.500. The number of carbonyl (C=O) groups is 1. The molecule has 0 aliphatic carbocycles. The Bertz CT molecular complexity index is 448. The molecular formula is C14H18ClFO3. The van der Waals surface area contributed by atoms with Crippen LogP contribution in [0.2, 0.25) is 5.02 Å². The largest absolute Gasteiger partial charge is 0.466 e. The van der Waals surface area contributed by atoms with Crippen LogP contribution in [-0.4, -0.2) is 17.7 Å². The third-order valence-corrected chi connectivity index (χ3v) is 3.13. The van der Waals surface area contributed by atoms with Crippen LogP contribution in [-0.2, 0) is 9.53 Å². The fourth-order valence-corrected chi connectivity index (χ4v) is 2.12. The van der Waals surface area contributed by atoms with E-state index in [1.54, 1.807) is 20.8 Å². The second-order valence-corrected chi connectivity index (χ2v) is 5.07. The van der Waals surface area contributed by atoms with Crippen molar-refractivity contribution >= 4 is 17.6 Å². The highest BCUT2D eigenvalue weighted by Gasteiger charge is 2.33. The number of aliphatic hydroxyl groups is 1. The van der Waals surface area contributed by atoms with Gasteiger partial charge < -0.3 is 9.84 Å². The summed E-state index contributed by atoms with van der Waals surface area (Å²) < 4.78 is 18.6. The number of aliphatic hydroxyl groups excluding tert-OH is 1. The Morgan fingerprint density at radius 3 is 2.63 bits per heavy atom. The summed E-state index contributed by atoms with van der Waals surface area (Å²) in [5, 5.41) is 10.6. The van der Waals surface area contributed by atoms with E-state index in [2.05, 4.69) is 0 Å². The van der Waals surface area contributed by atoms with Crippen molar-refractivity contribution < 1.29 is 19.0 Å². The first-order valence-electron chi connectivity index (χ1n) is 6.18. The summed E-state index contributed by atoms with van der Waals surface area (Å²) in [5.74, 6) is -2.14. The maximum atomic E-state index is 13.7. The van der Waals surface area contributed by atoms with Gasteiger partial charge in [0.1, 0.15) is 5.82 Å². The zero-order valence-electron chi connectivity index (χ0n) is 11.2. The molecule has 5 heteroatoms. The highest BCUT2D eigenvalue weighted by atomic mass is 35.5. The molecule has 0 heterocycles. The Morgan fingerprint density at radius 1 is 1.47 bits per heavy atom. The highest BCUT2D eigenvalue weighted by Crippen LogP contribution is 2.32. The molecular weight excluding hydrogens is 271 g/mol. The molecule has 0 amide bonds. The molecule has 1 aromatic carbocycles. The van der Waals surface area contributed by atoms with E-state index in [9.17, 15) is 14.3 Å². The topological polar surface area (TPSA) is 46.5 Å². The van der Waals surface area contributed by atoms with Crippen molar-refractivity contribution in [3.8, 4) is 0 Å². The van der Waals surface area contributed by atoms with Gasteiger partial charge in [0.2, 0.25) is 0 Å². The SMILES string of the molecule is CCOC(=O)C(C(C)C)C(O)c1cc(Cl)ccc1F. The minimum Gasteiger partial charge on any atom is -0.466 e. The van der Waals surface area contributed by atoms with Crippen LogP contribution in [0.1, 0.15) is 32.4 Å². The minimum atomic E-state index is -1.28. The number of benzene rings is 1. The van der Waals surface area contributed by atoms with Crippen LogP contribution in [0.5, 0.6) is 0 Å². The molecule has 0 fully saturated rings. The maximum absolute atomic E-state index is 13.7. The number of hydrogen-bond acceptors (Lipinski definition) is 3. The van der Waals surface area contributed by atoms with Gasteiger partial charge in [0, 0.05) is 10.6 Å². The number of halogens is 2. The molecule has 0 saturated carbocycles. The summed E-state index contributed by atoms with van der Waals surface area (Å²) in [6.07, 6.45) is -1.28. The quantitative estimate of drug-likeness (QED) is 0.845. The lowest BCUT2D eigenvalue weighted by atomic mass is 9.86. The van der Waals surface area contributed by atoms with E-state index >= 15 is 0 Å². The van der Waals surface area contributed by atoms with E-state index in [1.807, 2.05) is 0 Å². The van der Waals surface area contributed by atoms with Gasteiger partial charge >= 0.3 is 5.97 Å². The van der Waals surface area contributed by atoms with Gasteiger partial charge in [-0.15, -0.1) is 0 Å². The van der Waals surface area contributed by atoms with Crippen molar-refractivity contribution in [2.75, 3.05) is 6.61 Å². The molecule has 0 saturated heterocycles. The number of carbonyl (C=O) groups excluding carboxylic acids is 1. The lowest BCUT2D eigenvalue weighted by Gasteiger charge is -2.25. The van der Waals surface area contributed by atoms with Crippen molar-refractivity contribution in [3.63, 3.8) is 0 Å². The molecule has 1 rings (SSSR count). The van der Waals surface area contributed by atoms with Crippen molar-refractivity contribution in [2.24, 2.45) is 11.8 Å². The van der Waals surface area contributed by atoms with Gasteiger partial charge in [0.05, 0.1) is 18.6 Å². The van der Waals surface area contributed by atoms with E-state index in [-0.39, 0.29) is 18.1 Å². The average molecular weight is 289 g/mol. The van der Waals surface area contributed by atoms with Crippen LogP contribution in [0.15, 0.2) is 18.2 Å². The van der Waals surface area contributed by atoms with Crippen LogP contribution < -0.4 is 0 Å². The summed E-state index contributed by atoms with van der Waals surface area (Å²) in [4.78, 5) is 11.9. The monoisotopic (exact) mass is 288 g/mol. The molecule has 1 N–H and O–H groups in total. The third-order valence-electron chi connectivity index (χ3n) is 2.89. The number of ether oxygens (including phenoxy) is 1. The summed E-state index contributed by atoms with van der Waals surface area (Å²) in [7, 11) is 0. The van der Waals surface area contributed by atoms with Gasteiger partial charge in [-0.2, -0.15) is 0 Å². The molecule has 106 valence electrons. The van der Waals surface area contributed by atoms with Gasteiger partial charge in [-0.05, 0) is 31.0 Å². The van der Waals surface area contributed by atoms with E-state index in [0.29, 0.717) is 5.02 Å². The van der Waals surface area contributed by atoms with Crippen LogP contribution >= 0.6 is 11.6 Å². The predicted octanol–water partition coefficient (Wildman–Crippen LogP) is 3.35. The Balaban J connectivity index is 3.08. The van der Waals surface area contributed by atoms with Crippen LogP contribution in [0, 0.1) is 17.7 Å². The van der Waals surface area contributed by atoms with E-state index in [1.165, 1.54) is 18.2 Å². The van der Waals surface area contributed by atoms with Crippen LogP contribution in [0.4, 0.5) is 4.39 Å². The summed E-state index contributed by atoms with van der Waals surface area (Å²) in [5.41, 5.74) is 0.0132. The second-order valence-electron chi connectivity index (χ2n) is 4.63. The molecule has 2 unspecified atom stereocenters. The second kappa shape index (κ2) is 6.87. The molecule has 0 aromatic heterocycles. The lowest BCUT2D eigenvalue weighted by Crippen LogP contribution is -2.29. The van der Waals surface area contributed by atoms with Crippen molar-refractivity contribution in [1.82, 2.24) is 0 Å². The highest BCUT2D eigenvalue weighted by molar-refractivity contribution is 6.30. The molecule has 0 aliphatic heterocycles. The standard InChI is InChI=1S/C14H18ClFO3/c1-4-19-14(18)12(8(2)3)13(17)10-7-9(15)5-6-11(10)16/h5-8,12-13,17H,4H2,1-3H3. The predicted molar refractivity (Wildman–Crippen MR) is 71.3 cm³/mol. The molecule has 19 heavy (non-hydrogen) atoms. The molecule has 0 radical (unpaired) electrons. The molecule has 1 aromatic rings. The summed E-state index contributed by atoms with van der Waals surface area (Å²) >= 11 is 5.79. The van der Waals surface area contributed by atoms with Crippen molar-refractivity contribution in [2.45, 2.75) is 26.9 Å². The van der Waals surface area contributed by atoms with E-state index < -0.39 is 23.8 Å². The van der Waals surface area contributed by atoms with Gasteiger partial charge in [-0.25, -0.2) is 4.39 Å². The van der Waals surface area contributed by atoms with Crippen molar-refractivity contribution in [3.05, 3.63) is 34.6 Å². The van der Waals surface area contributed by atoms with E-state index in [0.717, 1.165) is 0 Å². The fourth-order valence-electron chi connectivity index (χ4n) is 1.94. The van der Waals surface area contributed by atoms with Gasteiger partial charge in [0.15, 0.2) is 0 Å². The Morgan fingerprint density at radius 2 is 2.11 bits per heavy atom. The average Bonchev–Trinajstić information content (AvgIpc) is 2.32. The molecule has 0 bridgehead atoms. The molecule has 0 aliphatic rings. The zero-order chi connectivity index (χ0) is 14.6. The summed E-state index contributed by atoms with van der Waals surface area (Å²) in [6, 6.07) is 3.89. The van der Waals surface area contributed by atoms with Crippen molar-refractivity contribution in [1.29, 1.82) is 0 Å². The molecule has 3 nitrogen and oxygen atoms in total. The van der Waals surface area contributed by atoms with Gasteiger partial charge in [-0.1, -0.05) is 25.4 Å². The van der Waals surface area contributed by atoms with E-state index in [4.69, 9.17) is 16.3 Å². The summed E-state index contributed by atoms with van der Waals surface area (Å²) in [6.45, 7) is 5.44. The minimum absolute atomic E-state index is 0.0132. The third kappa shape index (κ3) is 3.91. The molecule has 0 spiro atoms. The van der Waals surface area contributed by atoms with Crippen LogP contribution in [0.3, 0.4) is 0 Å². The lowest BCUT2D eigenvalue weighted by molar-refractivity contribution is -0.154. The maximum Gasteiger partial charge on any atom is 0.312 e. The number of esters is 1. The number of hydrogen-bond donors (Lipinski definition) is 1. The Labute approximate surface area is 117 Å². The first-order chi connectivity index (χ1) is 8.88. The normalized spacial score (nSPS) is 14.3. The first-order valence-corrected chi connectivity index (χ1v) is 6.55. The zero-order valence-corrected chi connectivity index (χ0v) is 11.9. The van der Waals surface area contributed by atoms with Gasteiger partial charge in [0.25, 0.3) is 0 Å². The smallest absolute Gasteiger partial charge is 0.312 e. The Hall–Kier alpha value is -1.13.